The molecule has 0 saturated carbocycles. The van der Waals surface area contributed by atoms with E-state index in [4.69, 9.17) is 9.72 Å². The Hall–Kier alpha value is -3.73. The zero-order chi connectivity index (χ0) is 29.5. The number of rotatable bonds is 5. The largest absolute Gasteiger partial charge is 0.477 e. The molecule has 1 atom stereocenters. The number of hydrogen-bond donors (Lipinski definition) is 1. The van der Waals surface area contributed by atoms with Gasteiger partial charge in [-0.2, -0.15) is 13.2 Å². The summed E-state index contributed by atoms with van der Waals surface area (Å²) in [5.41, 5.74) is 1.77. The Balaban J connectivity index is 1.35. The molecule has 2 aromatic heterocycles. The van der Waals surface area contributed by atoms with Crippen molar-refractivity contribution >= 4 is 11.6 Å². The summed E-state index contributed by atoms with van der Waals surface area (Å²) in [7, 11) is 0. The van der Waals surface area contributed by atoms with Gasteiger partial charge < -0.3 is 19.9 Å². The first-order chi connectivity index (χ1) is 20.2. The fourth-order valence-corrected chi connectivity index (χ4v) is 6.67. The first-order valence-electron chi connectivity index (χ1n) is 14.4. The summed E-state index contributed by atoms with van der Waals surface area (Å²) < 4.78 is 60.9. The predicted octanol–water partition coefficient (Wildman–Crippen LogP) is 5.33. The Morgan fingerprint density at radius 1 is 1.17 bits per heavy atom. The van der Waals surface area contributed by atoms with Crippen LogP contribution >= 0.6 is 0 Å². The van der Waals surface area contributed by atoms with Crippen LogP contribution in [0.5, 0.6) is 5.88 Å². The first kappa shape index (κ1) is 28.4. The van der Waals surface area contributed by atoms with Gasteiger partial charge in [-0.15, -0.1) is 0 Å². The maximum Gasteiger partial charge on any atom is 0.418 e. The van der Waals surface area contributed by atoms with Gasteiger partial charge in [0, 0.05) is 36.9 Å². The molecule has 2 saturated heterocycles. The standard InChI is InChI=1S/C31H33F4N5O2/c1-2-42-28-21(5-3-14-37-28)24-9-8-22-26(38-24)18-40(29(41)25-6-4-13-36-25)19-30(22)11-15-39(16-12-30)27-10-7-20(32)17-23(27)31(33,34)35/h3,5,7-10,14,17,25,36H,2,4,6,11-13,15-16,18-19H2,1H3/t25-/m1/s1. The van der Waals surface area contributed by atoms with E-state index in [2.05, 4.69) is 10.3 Å². The van der Waals surface area contributed by atoms with Crippen LogP contribution in [0.3, 0.4) is 0 Å². The van der Waals surface area contributed by atoms with Crippen LogP contribution in [0.2, 0.25) is 0 Å². The molecular formula is C31H33F4N5O2. The minimum absolute atomic E-state index is 0.0219. The van der Waals surface area contributed by atoms with E-state index >= 15 is 0 Å². The van der Waals surface area contributed by atoms with Gasteiger partial charge in [-0.1, -0.05) is 6.07 Å². The molecule has 42 heavy (non-hydrogen) atoms. The lowest BCUT2D eigenvalue weighted by molar-refractivity contribution is -0.137. The normalized spacial score (nSPS) is 20.1. The third-order valence-corrected chi connectivity index (χ3v) is 8.70. The molecular weight excluding hydrogens is 550 g/mol. The highest BCUT2D eigenvalue weighted by molar-refractivity contribution is 5.82. The Kier molecular flexibility index (Phi) is 7.55. The van der Waals surface area contributed by atoms with E-state index in [0.29, 0.717) is 63.3 Å². The number of nitrogens with zero attached hydrogens (tertiary/aromatic N) is 4. The summed E-state index contributed by atoms with van der Waals surface area (Å²) in [5, 5.41) is 3.30. The number of pyridine rings is 2. The van der Waals surface area contributed by atoms with Crippen molar-refractivity contribution in [2.24, 2.45) is 0 Å². The van der Waals surface area contributed by atoms with Crippen molar-refractivity contribution in [1.29, 1.82) is 0 Å². The van der Waals surface area contributed by atoms with E-state index in [1.54, 1.807) is 11.1 Å². The smallest absolute Gasteiger partial charge is 0.418 e. The Labute approximate surface area is 241 Å². The van der Waals surface area contributed by atoms with Gasteiger partial charge in [0.2, 0.25) is 11.8 Å². The number of amides is 1. The predicted molar refractivity (Wildman–Crippen MR) is 150 cm³/mol. The zero-order valence-electron chi connectivity index (χ0n) is 23.4. The van der Waals surface area contributed by atoms with Crippen molar-refractivity contribution in [2.75, 3.05) is 37.7 Å². The van der Waals surface area contributed by atoms with E-state index in [9.17, 15) is 22.4 Å². The molecule has 3 aliphatic rings. The van der Waals surface area contributed by atoms with Crippen LogP contribution in [-0.2, 0) is 22.9 Å². The maximum atomic E-state index is 13.8. The highest BCUT2D eigenvalue weighted by Gasteiger charge is 2.46. The van der Waals surface area contributed by atoms with E-state index in [-0.39, 0.29) is 17.6 Å². The summed E-state index contributed by atoms with van der Waals surface area (Å²) in [4.78, 5) is 26.6. The molecule has 0 radical (unpaired) electrons. The van der Waals surface area contributed by atoms with Gasteiger partial charge in [0.1, 0.15) is 5.82 Å². The molecule has 0 bridgehead atoms. The van der Waals surface area contributed by atoms with E-state index in [1.807, 2.05) is 36.1 Å². The highest BCUT2D eigenvalue weighted by atomic mass is 19.4. The maximum absolute atomic E-state index is 13.8. The number of benzene rings is 1. The second kappa shape index (κ2) is 11.2. The molecule has 5 heterocycles. The lowest BCUT2D eigenvalue weighted by atomic mass is 9.69. The molecule has 0 unspecified atom stereocenters. The van der Waals surface area contributed by atoms with Crippen molar-refractivity contribution in [1.82, 2.24) is 20.2 Å². The fraction of sp³-hybridized carbons (Fsp3) is 0.452. The van der Waals surface area contributed by atoms with Gasteiger partial charge >= 0.3 is 6.18 Å². The minimum Gasteiger partial charge on any atom is -0.477 e. The van der Waals surface area contributed by atoms with E-state index in [0.717, 1.165) is 42.3 Å². The van der Waals surface area contributed by atoms with Gasteiger partial charge in [0.15, 0.2) is 0 Å². The topological polar surface area (TPSA) is 70.6 Å². The molecule has 6 rings (SSSR count). The Morgan fingerprint density at radius 2 is 1.98 bits per heavy atom. The van der Waals surface area contributed by atoms with Crippen LogP contribution in [-0.4, -0.2) is 59.6 Å². The lowest BCUT2D eigenvalue weighted by Crippen LogP contribution is -2.56. The van der Waals surface area contributed by atoms with Crippen LogP contribution in [0.25, 0.3) is 11.3 Å². The number of carbonyl (C=O) groups is 1. The van der Waals surface area contributed by atoms with Crippen LogP contribution in [0, 0.1) is 5.82 Å². The SMILES string of the molecule is CCOc1ncccc1-c1ccc2c(n1)CN(C(=O)[C@H]1CCCN1)CC21CCN(c2ccc(F)cc2C(F)(F)F)CC1. The van der Waals surface area contributed by atoms with Crippen molar-refractivity contribution in [3.63, 3.8) is 0 Å². The molecule has 1 amide bonds. The van der Waals surface area contributed by atoms with Gasteiger partial charge in [-0.3, -0.25) is 9.78 Å². The molecule has 11 heteroatoms. The second-order valence-electron chi connectivity index (χ2n) is 11.2. The van der Waals surface area contributed by atoms with Crippen molar-refractivity contribution in [3.05, 3.63) is 71.3 Å². The van der Waals surface area contributed by atoms with E-state index in [1.165, 1.54) is 6.07 Å². The average molecular weight is 584 g/mol. The molecule has 3 aliphatic heterocycles. The van der Waals surface area contributed by atoms with Crippen molar-refractivity contribution in [2.45, 2.75) is 56.8 Å². The molecule has 0 aliphatic carbocycles. The molecule has 3 aromatic rings. The summed E-state index contributed by atoms with van der Waals surface area (Å²) in [6, 6.07) is 10.3. The van der Waals surface area contributed by atoms with Crippen LogP contribution in [0.1, 0.15) is 49.4 Å². The number of carbonyl (C=O) groups excluding carboxylic acids is 1. The first-order valence-corrected chi connectivity index (χ1v) is 14.4. The van der Waals surface area contributed by atoms with Gasteiger partial charge in [-0.25, -0.2) is 9.37 Å². The quantitative estimate of drug-likeness (QED) is 0.410. The lowest BCUT2D eigenvalue weighted by Gasteiger charge is -2.49. The molecule has 1 N–H and O–H groups in total. The van der Waals surface area contributed by atoms with Crippen molar-refractivity contribution in [3.8, 4) is 17.1 Å². The minimum atomic E-state index is -4.67. The summed E-state index contributed by atoms with van der Waals surface area (Å²) in [6.07, 6.45) is -0.258. The number of nitrogens with one attached hydrogen (secondary N) is 1. The Morgan fingerprint density at radius 3 is 2.69 bits per heavy atom. The number of aromatic nitrogens is 2. The number of hydrogen-bond acceptors (Lipinski definition) is 6. The average Bonchev–Trinajstić information content (AvgIpc) is 3.52. The third-order valence-electron chi connectivity index (χ3n) is 8.70. The van der Waals surface area contributed by atoms with Crippen LogP contribution < -0.4 is 15.0 Å². The third kappa shape index (κ3) is 5.30. The second-order valence-corrected chi connectivity index (χ2v) is 11.2. The van der Waals surface area contributed by atoms with Gasteiger partial charge in [0.25, 0.3) is 0 Å². The molecule has 222 valence electrons. The van der Waals surface area contributed by atoms with Gasteiger partial charge in [-0.05, 0) is 81.1 Å². The number of ether oxygens (including phenoxy) is 1. The molecule has 1 spiro atoms. The summed E-state index contributed by atoms with van der Waals surface area (Å²) >= 11 is 0. The zero-order valence-corrected chi connectivity index (χ0v) is 23.4. The van der Waals surface area contributed by atoms with Crippen LogP contribution in [0.4, 0.5) is 23.2 Å². The summed E-state index contributed by atoms with van der Waals surface area (Å²) in [5.74, 6) is -0.408. The Bertz CT molecular complexity index is 1470. The van der Waals surface area contributed by atoms with E-state index < -0.39 is 23.0 Å². The number of halogens is 4. The number of alkyl halides is 3. The fourth-order valence-electron chi connectivity index (χ4n) is 6.67. The molecule has 1 aromatic carbocycles. The van der Waals surface area contributed by atoms with Crippen molar-refractivity contribution < 1.29 is 27.1 Å². The molecule has 7 nitrogen and oxygen atoms in total. The summed E-state index contributed by atoms with van der Waals surface area (Å²) in [6.45, 7) is 4.62. The molecule has 2 fully saturated rings. The van der Waals surface area contributed by atoms with Crippen LogP contribution in [0.15, 0.2) is 48.7 Å². The number of piperidine rings is 1. The number of anilines is 1. The highest BCUT2D eigenvalue weighted by Crippen LogP contribution is 2.45. The number of fused-ring (bicyclic) bond motifs is 2. The monoisotopic (exact) mass is 583 g/mol. The van der Waals surface area contributed by atoms with Gasteiger partial charge in [0.05, 0.1) is 41.7 Å².